The number of pyridine rings is 1. The van der Waals surface area contributed by atoms with Gasteiger partial charge in [-0.1, -0.05) is 12.1 Å². The maximum absolute atomic E-state index is 10.4. The molecule has 1 aromatic heterocycles. The van der Waals surface area contributed by atoms with E-state index in [4.69, 9.17) is 9.47 Å². The number of aliphatic hydroxyl groups excluding tert-OH is 1. The van der Waals surface area contributed by atoms with E-state index in [-0.39, 0.29) is 0 Å². The van der Waals surface area contributed by atoms with Gasteiger partial charge in [0.25, 0.3) is 0 Å². The highest BCUT2D eigenvalue weighted by Crippen LogP contribution is 2.27. The monoisotopic (exact) mass is 259 g/mol. The number of benzene rings is 1. The van der Waals surface area contributed by atoms with E-state index in [1.807, 2.05) is 31.2 Å². The Kier molecular flexibility index (Phi) is 4.02. The number of methoxy groups -OCH3 is 2. The van der Waals surface area contributed by atoms with Gasteiger partial charge in [-0.3, -0.25) is 0 Å². The predicted octanol–water partition coefficient (Wildman–Crippen LogP) is 2.49. The third-order valence-electron chi connectivity index (χ3n) is 3.01. The molecule has 1 atom stereocenters. The van der Waals surface area contributed by atoms with Gasteiger partial charge in [0.2, 0.25) is 5.88 Å². The van der Waals surface area contributed by atoms with Crippen molar-refractivity contribution in [1.29, 1.82) is 0 Å². The molecule has 4 heteroatoms. The number of aliphatic hydroxyl groups is 1. The largest absolute Gasteiger partial charge is 0.497 e. The summed E-state index contributed by atoms with van der Waals surface area (Å²) in [4.78, 5) is 4.25. The summed E-state index contributed by atoms with van der Waals surface area (Å²) >= 11 is 0. The van der Waals surface area contributed by atoms with E-state index in [2.05, 4.69) is 4.98 Å². The second-order valence-corrected chi connectivity index (χ2v) is 4.23. The lowest BCUT2D eigenvalue weighted by Crippen LogP contribution is -2.05. The number of ether oxygens (including phenoxy) is 2. The molecule has 1 aromatic carbocycles. The zero-order valence-corrected chi connectivity index (χ0v) is 11.3. The van der Waals surface area contributed by atoms with Crippen LogP contribution >= 0.6 is 0 Å². The van der Waals surface area contributed by atoms with Crippen LogP contribution in [-0.2, 0) is 0 Å². The van der Waals surface area contributed by atoms with Gasteiger partial charge in [0.05, 0.1) is 19.9 Å². The van der Waals surface area contributed by atoms with Gasteiger partial charge < -0.3 is 14.6 Å². The van der Waals surface area contributed by atoms with Crippen LogP contribution in [0.4, 0.5) is 0 Å². The van der Waals surface area contributed by atoms with Gasteiger partial charge in [-0.05, 0) is 36.2 Å². The van der Waals surface area contributed by atoms with Crippen LogP contribution in [-0.4, -0.2) is 24.3 Å². The third kappa shape index (κ3) is 2.85. The number of aryl methyl sites for hydroxylation is 1. The summed E-state index contributed by atoms with van der Waals surface area (Å²) in [6.45, 7) is 1.93. The Morgan fingerprint density at radius 3 is 2.53 bits per heavy atom. The molecule has 4 nitrogen and oxygen atoms in total. The average molecular weight is 259 g/mol. The second-order valence-electron chi connectivity index (χ2n) is 4.23. The molecule has 2 rings (SSSR count). The maximum Gasteiger partial charge on any atom is 0.213 e. The summed E-state index contributed by atoms with van der Waals surface area (Å²) in [5.41, 5.74) is 2.32. The van der Waals surface area contributed by atoms with Gasteiger partial charge in [0.1, 0.15) is 11.9 Å². The molecule has 0 saturated heterocycles. The van der Waals surface area contributed by atoms with Crippen molar-refractivity contribution in [3.63, 3.8) is 0 Å². The van der Waals surface area contributed by atoms with Crippen molar-refractivity contribution in [3.05, 3.63) is 53.2 Å². The number of hydrogen-bond acceptors (Lipinski definition) is 4. The quantitative estimate of drug-likeness (QED) is 0.916. The normalized spacial score (nSPS) is 12.0. The SMILES string of the molecule is COc1ccc(C(O)c2cccc(OC)n2)c(C)c1. The number of aromatic nitrogens is 1. The fourth-order valence-electron chi connectivity index (χ4n) is 1.94. The molecule has 2 aromatic rings. The van der Waals surface area contributed by atoms with Crippen molar-refractivity contribution >= 4 is 0 Å². The fraction of sp³-hybridized carbons (Fsp3) is 0.267. The van der Waals surface area contributed by atoms with Gasteiger partial charge in [0, 0.05) is 6.07 Å². The van der Waals surface area contributed by atoms with Gasteiger partial charge >= 0.3 is 0 Å². The first-order chi connectivity index (χ1) is 9.15. The summed E-state index contributed by atoms with van der Waals surface area (Å²) in [5.74, 6) is 1.26. The highest BCUT2D eigenvalue weighted by Gasteiger charge is 2.15. The van der Waals surface area contributed by atoms with Crippen molar-refractivity contribution in [2.24, 2.45) is 0 Å². The third-order valence-corrected chi connectivity index (χ3v) is 3.01. The topological polar surface area (TPSA) is 51.6 Å². The average Bonchev–Trinajstić information content (AvgIpc) is 2.46. The smallest absolute Gasteiger partial charge is 0.213 e. The van der Waals surface area contributed by atoms with E-state index >= 15 is 0 Å². The van der Waals surface area contributed by atoms with Crippen LogP contribution in [0.3, 0.4) is 0 Å². The van der Waals surface area contributed by atoms with Crippen LogP contribution in [0.25, 0.3) is 0 Å². The van der Waals surface area contributed by atoms with Crippen LogP contribution in [0.1, 0.15) is 22.9 Å². The van der Waals surface area contributed by atoms with Gasteiger partial charge in [-0.15, -0.1) is 0 Å². The molecule has 0 bridgehead atoms. The van der Waals surface area contributed by atoms with E-state index in [0.29, 0.717) is 11.6 Å². The fourth-order valence-corrected chi connectivity index (χ4v) is 1.94. The van der Waals surface area contributed by atoms with Crippen molar-refractivity contribution in [2.45, 2.75) is 13.0 Å². The molecule has 0 spiro atoms. The minimum atomic E-state index is -0.777. The lowest BCUT2D eigenvalue weighted by Gasteiger charge is -2.14. The van der Waals surface area contributed by atoms with E-state index in [9.17, 15) is 5.11 Å². The molecule has 0 aliphatic heterocycles. The van der Waals surface area contributed by atoms with Crippen molar-refractivity contribution in [1.82, 2.24) is 4.98 Å². The lowest BCUT2D eigenvalue weighted by molar-refractivity contribution is 0.213. The number of nitrogens with zero attached hydrogens (tertiary/aromatic N) is 1. The highest BCUT2D eigenvalue weighted by atomic mass is 16.5. The molecular formula is C15H17NO3. The van der Waals surface area contributed by atoms with Gasteiger partial charge in [0.15, 0.2) is 0 Å². The lowest BCUT2D eigenvalue weighted by atomic mass is 10.0. The molecule has 0 saturated carbocycles. The minimum absolute atomic E-state index is 0.489. The summed E-state index contributed by atoms with van der Waals surface area (Å²) in [7, 11) is 3.17. The second kappa shape index (κ2) is 5.71. The van der Waals surface area contributed by atoms with E-state index in [0.717, 1.165) is 16.9 Å². The molecule has 1 unspecified atom stereocenters. The summed E-state index contributed by atoms with van der Waals surface area (Å²) in [6, 6.07) is 10.9. The zero-order valence-electron chi connectivity index (χ0n) is 11.3. The minimum Gasteiger partial charge on any atom is -0.497 e. The predicted molar refractivity (Wildman–Crippen MR) is 72.6 cm³/mol. The molecule has 0 amide bonds. The highest BCUT2D eigenvalue weighted by molar-refractivity contribution is 5.39. The molecule has 1 N–H and O–H groups in total. The summed E-state index contributed by atoms with van der Waals surface area (Å²) in [6.07, 6.45) is -0.777. The molecule has 0 radical (unpaired) electrons. The van der Waals surface area contributed by atoms with E-state index in [1.54, 1.807) is 26.4 Å². The van der Waals surface area contributed by atoms with Crippen LogP contribution < -0.4 is 9.47 Å². The first-order valence-corrected chi connectivity index (χ1v) is 5.99. The van der Waals surface area contributed by atoms with Crippen molar-refractivity contribution in [2.75, 3.05) is 14.2 Å². The van der Waals surface area contributed by atoms with Crippen LogP contribution in [0, 0.1) is 6.92 Å². The summed E-state index contributed by atoms with van der Waals surface area (Å²) in [5, 5.41) is 10.4. The molecule has 0 fully saturated rings. The summed E-state index contributed by atoms with van der Waals surface area (Å²) < 4.78 is 10.2. The Hall–Kier alpha value is -2.07. The Morgan fingerprint density at radius 1 is 1.11 bits per heavy atom. The molecule has 0 aliphatic rings. The first kappa shape index (κ1) is 13.4. The zero-order chi connectivity index (χ0) is 13.8. The molecule has 1 heterocycles. The standard InChI is InChI=1S/C15H17NO3/c1-10-9-11(18-2)7-8-12(10)15(17)13-5-4-6-14(16-13)19-3/h4-9,15,17H,1-3H3. The van der Waals surface area contributed by atoms with Crippen molar-refractivity contribution in [3.8, 4) is 11.6 Å². The number of rotatable bonds is 4. The van der Waals surface area contributed by atoms with Crippen LogP contribution in [0.2, 0.25) is 0 Å². The Balaban J connectivity index is 2.35. The van der Waals surface area contributed by atoms with Crippen LogP contribution in [0.15, 0.2) is 36.4 Å². The number of hydrogen-bond donors (Lipinski definition) is 1. The Labute approximate surface area is 112 Å². The van der Waals surface area contributed by atoms with E-state index in [1.165, 1.54) is 0 Å². The Bertz CT molecular complexity index is 569. The van der Waals surface area contributed by atoms with Crippen molar-refractivity contribution < 1.29 is 14.6 Å². The van der Waals surface area contributed by atoms with E-state index < -0.39 is 6.10 Å². The maximum atomic E-state index is 10.4. The molecule has 100 valence electrons. The Morgan fingerprint density at radius 2 is 1.89 bits per heavy atom. The molecular weight excluding hydrogens is 242 g/mol. The van der Waals surface area contributed by atoms with Gasteiger partial charge in [-0.25, -0.2) is 4.98 Å². The molecule has 19 heavy (non-hydrogen) atoms. The molecule has 0 aliphatic carbocycles. The van der Waals surface area contributed by atoms with Gasteiger partial charge in [-0.2, -0.15) is 0 Å². The first-order valence-electron chi connectivity index (χ1n) is 5.99. The van der Waals surface area contributed by atoms with Crippen LogP contribution in [0.5, 0.6) is 11.6 Å².